The Morgan fingerprint density at radius 1 is 1.05 bits per heavy atom. The van der Waals surface area contributed by atoms with Gasteiger partial charge in [0.15, 0.2) is 0 Å². The Labute approximate surface area is 112 Å². The molecule has 0 bridgehead atoms. The van der Waals surface area contributed by atoms with Crippen LogP contribution in [0.2, 0.25) is 0 Å². The maximum absolute atomic E-state index is 12.1. The molecule has 0 radical (unpaired) electrons. The van der Waals surface area contributed by atoms with E-state index in [1.807, 2.05) is 32.0 Å². The van der Waals surface area contributed by atoms with Gasteiger partial charge in [-0.2, -0.15) is 13.2 Å². The molecule has 0 aliphatic rings. The quantitative estimate of drug-likeness (QED) is 0.847. The largest absolute Gasteiger partial charge is 0.390 e. The van der Waals surface area contributed by atoms with E-state index in [2.05, 4.69) is 0 Å². The van der Waals surface area contributed by atoms with Gasteiger partial charge in [-0.1, -0.05) is 18.2 Å². The fraction of sp³-hybridized carbons (Fsp3) is 0.600. The summed E-state index contributed by atoms with van der Waals surface area (Å²) in [7, 11) is 0. The van der Waals surface area contributed by atoms with Crippen LogP contribution in [0, 0.1) is 13.8 Å². The van der Waals surface area contributed by atoms with Gasteiger partial charge in [0.25, 0.3) is 0 Å². The van der Waals surface area contributed by atoms with Gasteiger partial charge in [-0.05, 0) is 50.3 Å². The third-order valence-electron chi connectivity index (χ3n) is 3.38. The summed E-state index contributed by atoms with van der Waals surface area (Å²) in [5, 5.41) is 10.2. The van der Waals surface area contributed by atoms with Gasteiger partial charge >= 0.3 is 6.18 Å². The molecule has 1 rings (SSSR count). The number of aryl methyl sites for hydroxylation is 2. The molecule has 1 nitrogen and oxygen atoms in total. The Balaban J connectivity index is 2.64. The van der Waals surface area contributed by atoms with E-state index in [4.69, 9.17) is 0 Å². The van der Waals surface area contributed by atoms with E-state index in [0.29, 0.717) is 6.42 Å². The van der Waals surface area contributed by atoms with E-state index in [1.165, 1.54) is 0 Å². The van der Waals surface area contributed by atoms with Crippen LogP contribution in [-0.4, -0.2) is 16.9 Å². The molecule has 0 heterocycles. The molecule has 108 valence electrons. The van der Waals surface area contributed by atoms with E-state index < -0.39 is 18.2 Å². The zero-order valence-corrected chi connectivity index (χ0v) is 11.6. The monoisotopic (exact) mass is 274 g/mol. The predicted molar refractivity (Wildman–Crippen MR) is 70.1 cm³/mol. The van der Waals surface area contributed by atoms with Crippen molar-refractivity contribution in [3.05, 3.63) is 34.9 Å². The second-order valence-electron chi connectivity index (χ2n) is 5.51. The van der Waals surface area contributed by atoms with Crippen LogP contribution in [0.5, 0.6) is 0 Å². The summed E-state index contributed by atoms with van der Waals surface area (Å²) in [5.41, 5.74) is 2.06. The number of halogens is 3. The maximum Gasteiger partial charge on any atom is 0.389 e. The van der Waals surface area contributed by atoms with E-state index >= 15 is 0 Å². The summed E-state index contributed by atoms with van der Waals surface area (Å²) < 4.78 is 36.3. The zero-order chi connectivity index (χ0) is 14.7. The molecule has 1 N–H and O–H groups in total. The van der Waals surface area contributed by atoms with Crippen molar-refractivity contribution in [3.63, 3.8) is 0 Å². The topological polar surface area (TPSA) is 20.2 Å². The van der Waals surface area contributed by atoms with Gasteiger partial charge in [0.2, 0.25) is 0 Å². The Morgan fingerprint density at radius 2 is 1.58 bits per heavy atom. The van der Waals surface area contributed by atoms with Crippen molar-refractivity contribution in [2.24, 2.45) is 0 Å². The van der Waals surface area contributed by atoms with Gasteiger partial charge in [0.05, 0.1) is 5.60 Å². The van der Waals surface area contributed by atoms with E-state index in [9.17, 15) is 18.3 Å². The standard InChI is InChI=1S/C15H21F3O/c1-11-6-4-7-12(2)13(11)10-14(3,19)8-5-9-15(16,17)18/h4,6-7,19H,5,8-10H2,1-3H3. The van der Waals surface area contributed by atoms with Crippen LogP contribution >= 0.6 is 0 Å². The van der Waals surface area contributed by atoms with Gasteiger partial charge in [-0.15, -0.1) is 0 Å². The first-order valence-corrected chi connectivity index (χ1v) is 6.45. The second-order valence-corrected chi connectivity index (χ2v) is 5.51. The third kappa shape index (κ3) is 5.64. The van der Waals surface area contributed by atoms with Crippen molar-refractivity contribution >= 4 is 0 Å². The van der Waals surface area contributed by atoms with Crippen LogP contribution in [0.15, 0.2) is 18.2 Å². The van der Waals surface area contributed by atoms with Crippen LogP contribution < -0.4 is 0 Å². The Morgan fingerprint density at radius 3 is 2.05 bits per heavy atom. The smallest absolute Gasteiger partial charge is 0.389 e. The first-order chi connectivity index (χ1) is 8.61. The van der Waals surface area contributed by atoms with Crippen molar-refractivity contribution in [1.82, 2.24) is 0 Å². The molecule has 1 aromatic carbocycles. The van der Waals surface area contributed by atoms with Gasteiger partial charge in [-0.25, -0.2) is 0 Å². The molecule has 0 aromatic heterocycles. The highest BCUT2D eigenvalue weighted by atomic mass is 19.4. The Hall–Kier alpha value is -1.03. The van der Waals surface area contributed by atoms with Crippen LogP contribution in [0.4, 0.5) is 13.2 Å². The van der Waals surface area contributed by atoms with Gasteiger partial charge in [0.1, 0.15) is 0 Å². The molecular weight excluding hydrogens is 253 g/mol. The molecule has 0 saturated carbocycles. The fourth-order valence-electron chi connectivity index (χ4n) is 2.27. The summed E-state index contributed by atoms with van der Waals surface area (Å²) in [4.78, 5) is 0. The van der Waals surface area contributed by atoms with Crippen LogP contribution in [0.25, 0.3) is 0 Å². The first kappa shape index (κ1) is 16.0. The molecule has 19 heavy (non-hydrogen) atoms. The SMILES string of the molecule is Cc1cccc(C)c1CC(C)(O)CCCC(F)(F)F. The summed E-state index contributed by atoms with van der Waals surface area (Å²) in [6, 6.07) is 5.84. The molecule has 0 fully saturated rings. The van der Waals surface area contributed by atoms with Crippen molar-refractivity contribution in [2.75, 3.05) is 0 Å². The Kier molecular flexibility index (Phi) is 5.02. The lowest BCUT2D eigenvalue weighted by molar-refractivity contribution is -0.137. The lowest BCUT2D eigenvalue weighted by Crippen LogP contribution is -2.28. The third-order valence-corrected chi connectivity index (χ3v) is 3.38. The molecule has 1 aromatic rings. The summed E-state index contributed by atoms with van der Waals surface area (Å²) in [5.74, 6) is 0. The average Bonchev–Trinajstić information content (AvgIpc) is 2.21. The minimum atomic E-state index is -4.14. The molecule has 0 aliphatic heterocycles. The number of hydrogen-bond donors (Lipinski definition) is 1. The molecule has 0 amide bonds. The van der Waals surface area contributed by atoms with E-state index in [1.54, 1.807) is 6.92 Å². The van der Waals surface area contributed by atoms with Crippen molar-refractivity contribution in [2.45, 2.75) is 58.2 Å². The van der Waals surface area contributed by atoms with Crippen molar-refractivity contribution in [3.8, 4) is 0 Å². The van der Waals surface area contributed by atoms with Gasteiger partial charge in [0, 0.05) is 12.8 Å². The molecular formula is C15H21F3O. The highest BCUT2D eigenvalue weighted by molar-refractivity contribution is 5.34. The summed E-state index contributed by atoms with van der Waals surface area (Å²) in [6.07, 6.45) is -4.48. The summed E-state index contributed by atoms with van der Waals surface area (Å²) >= 11 is 0. The van der Waals surface area contributed by atoms with Crippen LogP contribution in [0.3, 0.4) is 0 Å². The predicted octanol–water partition coefficient (Wildman–Crippen LogP) is 4.33. The first-order valence-electron chi connectivity index (χ1n) is 6.45. The van der Waals surface area contributed by atoms with Gasteiger partial charge < -0.3 is 5.11 Å². The maximum atomic E-state index is 12.1. The highest BCUT2D eigenvalue weighted by Gasteiger charge is 2.29. The average molecular weight is 274 g/mol. The number of rotatable bonds is 5. The Bertz CT molecular complexity index is 402. The lowest BCUT2D eigenvalue weighted by Gasteiger charge is -2.25. The highest BCUT2D eigenvalue weighted by Crippen LogP contribution is 2.28. The van der Waals surface area contributed by atoms with Crippen LogP contribution in [-0.2, 0) is 6.42 Å². The summed E-state index contributed by atoms with van der Waals surface area (Å²) in [6.45, 7) is 5.51. The zero-order valence-electron chi connectivity index (χ0n) is 11.6. The molecule has 0 spiro atoms. The molecule has 1 atom stereocenters. The molecule has 4 heteroatoms. The van der Waals surface area contributed by atoms with Crippen LogP contribution in [0.1, 0.15) is 42.9 Å². The number of hydrogen-bond acceptors (Lipinski definition) is 1. The lowest BCUT2D eigenvalue weighted by atomic mass is 9.87. The van der Waals surface area contributed by atoms with E-state index in [-0.39, 0.29) is 12.8 Å². The minimum absolute atomic E-state index is 0.0402. The van der Waals surface area contributed by atoms with Gasteiger partial charge in [-0.3, -0.25) is 0 Å². The second kappa shape index (κ2) is 5.95. The molecule has 0 aliphatic carbocycles. The van der Waals surface area contributed by atoms with Crippen molar-refractivity contribution in [1.29, 1.82) is 0 Å². The number of alkyl halides is 3. The normalized spacial score (nSPS) is 15.3. The molecule has 1 unspecified atom stereocenters. The minimum Gasteiger partial charge on any atom is -0.390 e. The molecule has 0 saturated heterocycles. The van der Waals surface area contributed by atoms with Crippen molar-refractivity contribution < 1.29 is 18.3 Å². The van der Waals surface area contributed by atoms with E-state index in [0.717, 1.165) is 16.7 Å². The number of aliphatic hydroxyl groups is 1. The number of benzene rings is 1. The fourth-order valence-corrected chi connectivity index (χ4v) is 2.27.